The van der Waals surface area contributed by atoms with E-state index in [4.69, 9.17) is 33.7 Å². The summed E-state index contributed by atoms with van der Waals surface area (Å²) < 4.78 is 31.5. The van der Waals surface area contributed by atoms with Crippen molar-refractivity contribution in [2.24, 2.45) is 5.73 Å². The van der Waals surface area contributed by atoms with Crippen LogP contribution in [-0.2, 0) is 10.0 Å². The maximum atomic E-state index is 12.1. The molecule has 1 aromatic rings. The minimum Gasteiger partial charge on any atom is -0.495 e. The van der Waals surface area contributed by atoms with E-state index < -0.39 is 10.0 Å². The SMILES string of the molecule is COc1cc(Cl)c(S(=O)(=O)NCCC(C)N)cc1Cl. The molecule has 0 bridgehead atoms. The van der Waals surface area contributed by atoms with E-state index in [1.165, 1.54) is 19.2 Å². The van der Waals surface area contributed by atoms with Crippen LogP contribution in [0.25, 0.3) is 0 Å². The number of benzene rings is 1. The number of ether oxygens (including phenoxy) is 1. The molecule has 3 N–H and O–H groups in total. The van der Waals surface area contributed by atoms with Crippen molar-refractivity contribution in [3.8, 4) is 5.75 Å². The van der Waals surface area contributed by atoms with Gasteiger partial charge in [0.05, 0.1) is 17.2 Å². The second kappa shape index (κ2) is 6.76. The van der Waals surface area contributed by atoms with Crippen LogP contribution < -0.4 is 15.2 Å². The number of rotatable bonds is 6. The summed E-state index contributed by atoms with van der Waals surface area (Å²) in [5.41, 5.74) is 5.55. The number of methoxy groups -OCH3 is 1. The van der Waals surface area contributed by atoms with Crippen molar-refractivity contribution in [2.75, 3.05) is 13.7 Å². The van der Waals surface area contributed by atoms with Gasteiger partial charge in [0.25, 0.3) is 0 Å². The van der Waals surface area contributed by atoms with E-state index in [2.05, 4.69) is 4.72 Å². The van der Waals surface area contributed by atoms with Crippen LogP contribution in [0.1, 0.15) is 13.3 Å². The Morgan fingerprint density at radius 2 is 2.00 bits per heavy atom. The summed E-state index contributed by atoms with van der Waals surface area (Å²) in [4.78, 5) is -0.0790. The van der Waals surface area contributed by atoms with Gasteiger partial charge in [0.1, 0.15) is 10.6 Å². The standard InChI is InChI=1S/C11H16Cl2N2O3S/c1-7(14)3-4-15-19(16,17)11-6-8(12)10(18-2)5-9(11)13/h5-7,15H,3-4,14H2,1-2H3. The molecule has 0 spiro atoms. The molecule has 0 saturated carbocycles. The highest BCUT2D eigenvalue weighted by molar-refractivity contribution is 7.89. The fraction of sp³-hybridized carbons (Fsp3) is 0.455. The van der Waals surface area contributed by atoms with Gasteiger partial charge in [-0.15, -0.1) is 0 Å². The minimum atomic E-state index is -3.71. The average molecular weight is 327 g/mol. The van der Waals surface area contributed by atoms with Crippen LogP contribution in [-0.4, -0.2) is 28.1 Å². The van der Waals surface area contributed by atoms with Crippen LogP contribution in [0.2, 0.25) is 10.0 Å². The first-order chi connectivity index (χ1) is 8.77. The molecule has 8 heteroatoms. The highest BCUT2D eigenvalue weighted by Gasteiger charge is 2.20. The van der Waals surface area contributed by atoms with Gasteiger partial charge in [-0.05, 0) is 19.4 Å². The lowest BCUT2D eigenvalue weighted by Gasteiger charge is -2.11. The van der Waals surface area contributed by atoms with Crippen LogP contribution in [0, 0.1) is 0 Å². The van der Waals surface area contributed by atoms with Crippen molar-refractivity contribution in [2.45, 2.75) is 24.3 Å². The predicted molar refractivity (Wildman–Crippen MR) is 76.5 cm³/mol. The van der Waals surface area contributed by atoms with Crippen LogP contribution in [0.3, 0.4) is 0 Å². The van der Waals surface area contributed by atoms with E-state index >= 15 is 0 Å². The van der Waals surface area contributed by atoms with Crippen molar-refractivity contribution in [3.63, 3.8) is 0 Å². The Morgan fingerprint density at radius 1 is 1.37 bits per heavy atom. The monoisotopic (exact) mass is 326 g/mol. The third-order valence-electron chi connectivity index (χ3n) is 2.39. The smallest absolute Gasteiger partial charge is 0.242 e. The zero-order valence-electron chi connectivity index (χ0n) is 10.6. The molecule has 0 saturated heterocycles. The molecule has 1 unspecified atom stereocenters. The summed E-state index contributed by atoms with van der Waals surface area (Å²) in [6, 6.07) is 2.54. The van der Waals surface area contributed by atoms with Crippen molar-refractivity contribution < 1.29 is 13.2 Å². The predicted octanol–water partition coefficient (Wildman–Crippen LogP) is 2.02. The normalized spacial score (nSPS) is 13.3. The van der Waals surface area contributed by atoms with Gasteiger partial charge < -0.3 is 10.5 Å². The van der Waals surface area contributed by atoms with Gasteiger partial charge in [-0.3, -0.25) is 0 Å². The second-order valence-electron chi connectivity index (χ2n) is 4.08. The molecule has 5 nitrogen and oxygen atoms in total. The van der Waals surface area contributed by atoms with Gasteiger partial charge in [-0.1, -0.05) is 23.2 Å². The lowest BCUT2D eigenvalue weighted by Crippen LogP contribution is -2.29. The Kier molecular flexibility index (Phi) is 5.88. The molecule has 0 amide bonds. The number of hydrogen-bond acceptors (Lipinski definition) is 4. The summed E-state index contributed by atoms with van der Waals surface area (Å²) in [6.07, 6.45) is 0.529. The summed E-state index contributed by atoms with van der Waals surface area (Å²) in [7, 11) is -2.29. The second-order valence-corrected chi connectivity index (χ2v) is 6.63. The first-order valence-corrected chi connectivity index (χ1v) is 7.80. The Bertz CT molecular complexity index is 547. The molecule has 0 aliphatic rings. The van der Waals surface area contributed by atoms with Gasteiger partial charge in [-0.25, -0.2) is 13.1 Å². The molecule has 0 fully saturated rings. The Morgan fingerprint density at radius 3 is 2.53 bits per heavy atom. The van der Waals surface area contributed by atoms with E-state index in [1.807, 2.05) is 0 Å². The molecule has 1 atom stereocenters. The Balaban J connectivity index is 2.98. The van der Waals surface area contributed by atoms with Gasteiger partial charge in [0, 0.05) is 18.7 Å². The first-order valence-electron chi connectivity index (χ1n) is 5.56. The van der Waals surface area contributed by atoms with Crippen LogP contribution in [0.5, 0.6) is 5.75 Å². The molecule has 1 aromatic carbocycles. The Hall–Kier alpha value is -0.530. The number of hydrogen-bond donors (Lipinski definition) is 2. The first kappa shape index (κ1) is 16.5. The maximum Gasteiger partial charge on any atom is 0.242 e. The van der Waals surface area contributed by atoms with Gasteiger partial charge >= 0.3 is 0 Å². The topological polar surface area (TPSA) is 81.4 Å². The zero-order chi connectivity index (χ0) is 14.6. The molecule has 0 radical (unpaired) electrons. The minimum absolute atomic E-state index is 0.0505. The molecule has 19 heavy (non-hydrogen) atoms. The molecule has 0 aliphatic heterocycles. The molecule has 0 heterocycles. The molecular weight excluding hydrogens is 311 g/mol. The fourth-order valence-electron chi connectivity index (χ4n) is 1.37. The number of halogens is 2. The molecule has 0 aliphatic carbocycles. The number of nitrogens with one attached hydrogen (secondary N) is 1. The van der Waals surface area contributed by atoms with Gasteiger partial charge in [0.2, 0.25) is 10.0 Å². The summed E-state index contributed by atoms with van der Waals surface area (Å²) in [5.74, 6) is 0.321. The summed E-state index contributed by atoms with van der Waals surface area (Å²) >= 11 is 11.8. The van der Waals surface area contributed by atoms with Crippen molar-refractivity contribution in [1.82, 2.24) is 4.72 Å². The largest absolute Gasteiger partial charge is 0.495 e. The summed E-state index contributed by atoms with van der Waals surface area (Å²) in [5, 5.41) is 0.231. The van der Waals surface area contributed by atoms with Gasteiger partial charge in [0.15, 0.2) is 0 Å². The van der Waals surface area contributed by atoms with Crippen LogP contribution in [0.15, 0.2) is 17.0 Å². The highest BCUT2D eigenvalue weighted by Crippen LogP contribution is 2.33. The van der Waals surface area contributed by atoms with Crippen LogP contribution in [0.4, 0.5) is 0 Å². The van der Waals surface area contributed by atoms with Gasteiger partial charge in [-0.2, -0.15) is 0 Å². The average Bonchev–Trinajstić information content (AvgIpc) is 2.30. The maximum absolute atomic E-state index is 12.1. The quantitative estimate of drug-likeness (QED) is 0.837. The lowest BCUT2D eigenvalue weighted by molar-refractivity contribution is 0.414. The van der Waals surface area contributed by atoms with E-state index in [0.717, 1.165) is 0 Å². The Labute approximate surface area is 123 Å². The molecule has 0 aromatic heterocycles. The fourth-order valence-corrected chi connectivity index (χ4v) is 3.27. The van der Waals surface area contributed by atoms with E-state index in [9.17, 15) is 8.42 Å². The van der Waals surface area contributed by atoms with Crippen molar-refractivity contribution in [3.05, 3.63) is 22.2 Å². The highest BCUT2D eigenvalue weighted by atomic mass is 35.5. The third kappa shape index (κ3) is 4.50. The molecule has 108 valence electrons. The molecule has 1 rings (SSSR count). The zero-order valence-corrected chi connectivity index (χ0v) is 12.9. The van der Waals surface area contributed by atoms with E-state index in [0.29, 0.717) is 12.2 Å². The summed E-state index contributed by atoms with van der Waals surface area (Å²) in [6.45, 7) is 2.03. The van der Waals surface area contributed by atoms with E-state index in [1.54, 1.807) is 6.92 Å². The van der Waals surface area contributed by atoms with E-state index in [-0.39, 0.29) is 27.5 Å². The van der Waals surface area contributed by atoms with Crippen molar-refractivity contribution in [1.29, 1.82) is 0 Å². The molecular formula is C11H16Cl2N2O3S. The van der Waals surface area contributed by atoms with Crippen molar-refractivity contribution >= 4 is 33.2 Å². The third-order valence-corrected chi connectivity index (χ3v) is 4.61. The lowest BCUT2D eigenvalue weighted by atomic mass is 10.3. The van der Waals surface area contributed by atoms with Crippen LogP contribution >= 0.6 is 23.2 Å². The number of nitrogens with two attached hydrogens (primary N) is 1. The number of sulfonamides is 1.